The van der Waals surface area contributed by atoms with Gasteiger partial charge in [-0.15, -0.1) is 0 Å². The molecule has 6 heteroatoms. The van der Waals surface area contributed by atoms with E-state index < -0.39 is 0 Å². The third-order valence-corrected chi connectivity index (χ3v) is 5.46. The van der Waals surface area contributed by atoms with Crippen molar-refractivity contribution in [3.05, 3.63) is 41.1 Å². The molecule has 3 heterocycles. The highest BCUT2D eigenvalue weighted by Gasteiger charge is 2.26. The van der Waals surface area contributed by atoms with Gasteiger partial charge in [0.05, 0.1) is 5.52 Å². The van der Waals surface area contributed by atoms with Gasteiger partial charge in [0.1, 0.15) is 5.82 Å². The van der Waals surface area contributed by atoms with E-state index in [2.05, 4.69) is 27.7 Å². The Balaban J connectivity index is 1.70. The summed E-state index contributed by atoms with van der Waals surface area (Å²) in [6, 6.07) is 10.2. The number of nitrogens with zero attached hydrogens (tertiary/aromatic N) is 3. The molecule has 0 saturated carbocycles. The Labute approximate surface area is 150 Å². The largest absolute Gasteiger partial charge is 0.359 e. The van der Waals surface area contributed by atoms with Crippen molar-refractivity contribution in [1.29, 1.82) is 0 Å². The summed E-state index contributed by atoms with van der Waals surface area (Å²) >= 11 is 1.65. The van der Waals surface area contributed by atoms with Crippen LogP contribution in [-0.2, 0) is 4.79 Å². The molecule has 0 bridgehead atoms. The van der Waals surface area contributed by atoms with Crippen molar-refractivity contribution in [2.75, 3.05) is 25.0 Å². The first kappa shape index (κ1) is 16.0. The maximum Gasteiger partial charge on any atom is 0.222 e. The first-order valence-corrected chi connectivity index (χ1v) is 9.46. The minimum absolute atomic E-state index is 0.102. The van der Waals surface area contributed by atoms with Crippen molar-refractivity contribution in [3.8, 4) is 11.4 Å². The summed E-state index contributed by atoms with van der Waals surface area (Å²) in [6.45, 7) is 1.67. The topological polar surface area (TPSA) is 58.1 Å². The van der Waals surface area contributed by atoms with Gasteiger partial charge in [-0.05, 0) is 36.4 Å². The van der Waals surface area contributed by atoms with Crippen LogP contribution in [0.4, 0.5) is 5.82 Å². The van der Waals surface area contributed by atoms with Crippen LogP contribution in [0.1, 0.15) is 12.8 Å². The molecule has 5 nitrogen and oxygen atoms in total. The zero-order valence-electron chi connectivity index (χ0n) is 14.1. The van der Waals surface area contributed by atoms with Crippen LogP contribution in [0.3, 0.4) is 0 Å². The van der Waals surface area contributed by atoms with Crippen molar-refractivity contribution in [1.82, 2.24) is 15.3 Å². The third-order valence-electron chi connectivity index (χ3n) is 4.77. The van der Waals surface area contributed by atoms with Crippen LogP contribution in [0.25, 0.3) is 22.3 Å². The van der Waals surface area contributed by atoms with Gasteiger partial charge in [0, 0.05) is 42.4 Å². The fourth-order valence-corrected chi connectivity index (χ4v) is 4.01. The van der Waals surface area contributed by atoms with Gasteiger partial charge in [0.15, 0.2) is 5.82 Å². The lowest BCUT2D eigenvalue weighted by molar-refractivity contribution is -0.125. The van der Waals surface area contributed by atoms with Gasteiger partial charge in [0.25, 0.3) is 0 Å². The summed E-state index contributed by atoms with van der Waals surface area (Å²) in [4.78, 5) is 23.8. The van der Waals surface area contributed by atoms with Crippen LogP contribution in [-0.4, -0.2) is 36.0 Å². The number of carbonyl (C=O) groups excluding carboxylic acids is 1. The van der Waals surface area contributed by atoms with E-state index in [1.807, 2.05) is 23.6 Å². The monoisotopic (exact) mass is 352 g/mol. The molecule has 0 radical (unpaired) electrons. The lowest BCUT2D eigenvalue weighted by Crippen LogP contribution is -2.40. The molecule has 1 aromatic carbocycles. The number of hydrogen-bond donors (Lipinski definition) is 1. The predicted molar refractivity (Wildman–Crippen MR) is 102 cm³/mol. The van der Waals surface area contributed by atoms with Crippen molar-refractivity contribution in [3.63, 3.8) is 0 Å². The molecule has 1 aliphatic heterocycles. The number of amides is 1. The molecule has 1 saturated heterocycles. The van der Waals surface area contributed by atoms with Crippen LogP contribution in [0.15, 0.2) is 41.1 Å². The van der Waals surface area contributed by atoms with E-state index in [9.17, 15) is 4.79 Å². The Morgan fingerprint density at radius 3 is 2.72 bits per heavy atom. The van der Waals surface area contributed by atoms with E-state index in [1.165, 1.54) is 0 Å². The number of anilines is 1. The molecule has 0 aliphatic carbocycles. The molecule has 25 heavy (non-hydrogen) atoms. The van der Waals surface area contributed by atoms with Crippen LogP contribution in [0.5, 0.6) is 0 Å². The van der Waals surface area contributed by atoms with Crippen LogP contribution in [0.2, 0.25) is 0 Å². The molecule has 1 fully saturated rings. The number of rotatable bonds is 3. The molecule has 1 aliphatic rings. The van der Waals surface area contributed by atoms with Crippen LogP contribution >= 0.6 is 11.3 Å². The summed E-state index contributed by atoms with van der Waals surface area (Å²) in [6.07, 6.45) is 1.71. The second kappa shape index (κ2) is 6.80. The number of nitrogens with one attached hydrogen (secondary N) is 1. The summed E-state index contributed by atoms with van der Waals surface area (Å²) in [7, 11) is 1.71. The van der Waals surface area contributed by atoms with Crippen LogP contribution < -0.4 is 10.2 Å². The maximum absolute atomic E-state index is 11.9. The Hall–Kier alpha value is -2.47. The molecule has 128 valence electrons. The number of piperidine rings is 1. The maximum atomic E-state index is 11.9. The standard InChI is InChI=1S/C19H20N4OS/c1-20-19(24)13-6-9-23(10-7-13)18-15-4-2-3-5-16(15)21-17(22-18)14-8-11-25-12-14/h2-5,8,11-13H,6-7,9-10H2,1H3,(H,20,24). The molecule has 2 aromatic heterocycles. The normalized spacial score (nSPS) is 15.5. The van der Waals surface area contributed by atoms with Crippen molar-refractivity contribution in [2.45, 2.75) is 12.8 Å². The lowest BCUT2D eigenvalue weighted by Gasteiger charge is -2.32. The van der Waals surface area contributed by atoms with Gasteiger partial charge in [-0.25, -0.2) is 9.97 Å². The molecule has 0 unspecified atom stereocenters. The number of para-hydroxylation sites is 1. The third kappa shape index (κ3) is 3.09. The zero-order valence-corrected chi connectivity index (χ0v) is 14.9. The fourth-order valence-electron chi connectivity index (χ4n) is 3.38. The number of hydrogen-bond acceptors (Lipinski definition) is 5. The van der Waals surface area contributed by atoms with Crippen LogP contribution in [0, 0.1) is 5.92 Å². The Kier molecular flexibility index (Phi) is 4.36. The second-order valence-electron chi connectivity index (χ2n) is 6.28. The smallest absolute Gasteiger partial charge is 0.222 e. The summed E-state index contributed by atoms with van der Waals surface area (Å²) in [5.41, 5.74) is 2.01. The second-order valence-corrected chi connectivity index (χ2v) is 7.06. The van der Waals surface area contributed by atoms with Gasteiger partial charge < -0.3 is 10.2 Å². The SMILES string of the molecule is CNC(=O)C1CCN(c2nc(-c3ccsc3)nc3ccccc23)CC1. The zero-order chi connectivity index (χ0) is 17.2. The molecule has 3 aromatic rings. The highest BCUT2D eigenvalue weighted by atomic mass is 32.1. The van der Waals surface area contributed by atoms with Crippen molar-refractivity contribution < 1.29 is 4.79 Å². The number of benzene rings is 1. The van der Waals surface area contributed by atoms with Gasteiger partial charge in [0.2, 0.25) is 5.91 Å². The Morgan fingerprint density at radius 2 is 2.00 bits per heavy atom. The van der Waals surface area contributed by atoms with Crippen molar-refractivity contribution in [2.24, 2.45) is 5.92 Å². The van der Waals surface area contributed by atoms with Gasteiger partial charge in [-0.2, -0.15) is 11.3 Å². The Bertz CT molecular complexity index is 886. The van der Waals surface area contributed by atoms with E-state index in [-0.39, 0.29) is 11.8 Å². The number of aromatic nitrogens is 2. The molecule has 1 N–H and O–H groups in total. The Morgan fingerprint density at radius 1 is 1.20 bits per heavy atom. The first-order chi connectivity index (χ1) is 12.3. The average molecular weight is 352 g/mol. The lowest BCUT2D eigenvalue weighted by atomic mass is 9.96. The van der Waals surface area contributed by atoms with E-state index in [1.54, 1.807) is 18.4 Å². The number of fused-ring (bicyclic) bond motifs is 1. The summed E-state index contributed by atoms with van der Waals surface area (Å²) in [5.74, 6) is 1.99. The molecule has 0 spiro atoms. The molecule has 0 atom stereocenters. The van der Waals surface area contributed by atoms with Gasteiger partial charge in [-0.3, -0.25) is 4.79 Å². The van der Waals surface area contributed by atoms with E-state index in [0.29, 0.717) is 0 Å². The quantitative estimate of drug-likeness (QED) is 0.786. The van der Waals surface area contributed by atoms with Gasteiger partial charge >= 0.3 is 0 Å². The summed E-state index contributed by atoms with van der Waals surface area (Å²) < 4.78 is 0. The first-order valence-electron chi connectivity index (χ1n) is 8.52. The van der Waals surface area contributed by atoms with E-state index >= 15 is 0 Å². The highest BCUT2D eigenvalue weighted by Crippen LogP contribution is 2.31. The van der Waals surface area contributed by atoms with E-state index in [4.69, 9.17) is 9.97 Å². The van der Waals surface area contributed by atoms with Gasteiger partial charge in [-0.1, -0.05) is 12.1 Å². The van der Waals surface area contributed by atoms with Crippen molar-refractivity contribution >= 4 is 34.0 Å². The molecular weight excluding hydrogens is 332 g/mol. The minimum Gasteiger partial charge on any atom is -0.359 e. The van der Waals surface area contributed by atoms with E-state index in [0.717, 1.165) is 54.0 Å². The molecular formula is C19H20N4OS. The average Bonchev–Trinajstić information content (AvgIpc) is 3.21. The molecule has 1 amide bonds. The molecule has 4 rings (SSSR count). The minimum atomic E-state index is 0.102. The summed E-state index contributed by atoms with van der Waals surface area (Å²) in [5, 5.41) is 7.95. The highest BCUT2D eigenvalue weighted by molar-refractivity contribution is 7.08. The fraction of sp³-hybridized carbons (Fsp3) is 0.316. The number of carbonyl (C=O) groups is 1. The number of thiophene rings is 1. The predicted octanol–water partition coefficient (Wildman–Crippen LogP) is 3.32.